The Morgan fingerprint density at radius 2 is 1.72 bits per heavy atom. The first kappa shape index (κ1) is 18.7. The zero-order chi connectivity index (χ0) is 18.4. The number of carbonyl (C=O) groups is 1. The average molecular weight is 365 g/mol. The summed E-state index contributed by atoms with van der Waals surface area (Å²) in [5.41, 5.74) is 2.07. The van der Waals surface area contributed by atoms with Crippen LogP contribution in [-0.2, 0) is 4.79 Å². The van der Waals surface area contributed by atoms with Gasteiger partial charge in [-0.3, -0.25) is 4.79 Å². The molecule has 0 saturated heterocycles. The highest BCUT2D eigenvalue weighted by atomic mass is 35.5. The minimum Gasteiger partial charge on any atom is -0.497 e. The summed E-state index contributed by atoms with van der Waals surface area (Å²) in [5.74, 6) is 1.56. The first-order chi connectivity index (χ1) is 12.0. The number of hydrogen-bond donors (Lipinski definition) is 2. The Hall–Kier alpha value is -2.60. The number of rotatable bonds is 7. The number of halogens is 1. The smallest absolute Gasteiger partial charge is 0.243 e. The quantitative estimate of drug-likeness (QED) is 0.783. The highest BCUT2D eigenvalue weighted by molar-refractivity contribution is 6.31. The minimum absolute atomic E-state index is 0.0500. The Morgan fingerprint density at radius 1 is 1.00 bits per heavy atom. The lowest BCUT2D eigenvalue weighted by Crippen LogP contribution is -2.22. The lowest BCUT2D eigenvalue weighted by atomic mass is 10.2. The summed E-state index contributed by atoms with van der Waals surface area (Å²) in [4.78, 5) is 12.3. The Kier molecular flexibility index (Phi) is 6.36. The molecule has 0 aliphatic rings. The van der Waals surface area contributed by atoms with E-state index in [9.17, 15) is 4.79 Å². The summed E-state index contributed by atoms with van der Waals surface area (Å²) < 4.78 is 15.7. The summed E-state index contributed by atoms with van der Waals surface area (Å²) in [6, 6.07) is 8.76. The molecule has 0 atom stereocenters. The summed E-state index contributed by atoms with van der Waals surface area (Å²) in [6.45, 7) is 1.91. The number of anilines is 2. The van der Waals surface area contributed by atoms with Gasteiger partial charge in [0.25, 0.3) is 0 Å². The third-order valence-corrected chi connectivity index (χ3v) is 4.01. The standard InChI is InChI=1S/C18H21ClN2O4/c1-11-7-15(17(25-4)9-13(11)19)21-18(22)10-20-14-8-12(23-2)5-6-16(14)24-3/h5-9,20H,10H2,1-4H3,(H,21,22). The second-order valence-corrected chi connectivity index (χ2v) is 5.68. The molecule has 7 heteroatoms. The summed E-state index contributed by atoms with van der Waals surface area (Å²) >= 11 is 6.07. The van der Waals surface area contributed by atoms with E-state index in [0.717, 1.165) is 5.56 Å². The van der Waals surface area contributed by atoms with E-state index in [0.29, 0.717) is 33.6 Å². The number of hydrogen-bond acceptors (Lipinski definition) is 5. The van der Waals surface area contributed by atoms with Crippen LogP contribution in [0.3, 0.4) is 0 Å². The molecular weight excluding hydrogens is 344 g/mol. The third kappa shape index (κ3) is 4.70. The number of methoxy groups -OCH3 is 3. The lowest BCUT2D eigenvalue weighted by Gasteiger charge is -2.14. The van der Waals surface area contributed by atoms with E-state index in [-0.39, 0.29) is 12.5 Å². The number of nitrogens with one attached hydrogen (secondary N) is 2. The van der Waals surface area contributed by atoms with Gasteiger partial charge in [0.1, 0.15) is 17.2 Å². The highest BCUT2D eigenvalue weighted by Gasteiger charge is 2.12. The van der Waals surface area contributed by atoms with Gasteiger partial charge in [0.15, 0.2) is 0 Å². The average Bonchev–Trinajstić information content (AvgIpc) is 2.62. The molecule has 2 aromatic rings. The van der Waals surface area contributed by atoms with Crippen molar-refractivity contribution in [2.45, 2.75) is 6.92 Å². The fraction of sp³-hybridized carbons (Fsp3) is 0.278. The SMILES string of the molecule is COc1ccc(OC)c(NCC(=O)Nc2cc(C)c(Cl)cc2OC)c1. The normalized spacial score (nSPS) is 10.1. The molecule has 2 rings (SSSR count). The van der Waals surface area contributed by atoms with E-state index in [4.69, 9.17) is 25.8 Å². The Labute approximate surface area is 152 Å². The number of ether oxygens (including phenoxy) is 3. The molecule has 0 saturated carbocycles. The zero-order valence-corrected chi connectivity index (χ0v) is 15.4. The molecule has 2 aromatic carbocycles. The number of amides is 1. The van der Waals surface area contributed by atoms with Crippen molar-refractivity contribution in [3.8, 4) is 17.2 Å². The van der Waals surface area contributed by atoms with Crippen LogP contribution in [0.2, 0.25) is 5.02 Å². The predicted octanol–water partition coefficient (Wildman–Crippen LogP) is 3.72. The largest absolute Gasteiger partial charge is 0.497 e. The number of benzene rings is 2. The van der Waals surface area contributed by atoms with Crippen LogP contribution in [0.15, 0.2) is 30.3 Å². The Balaban J connectivity index is 2.08. The van der Waals surface area contributed by atoms with E-state index in [2.05, 4.69) is 10.6 Å². The molecule has 25 heavy (non-hydrogen) atoms. The maximum Gasteiger partial charge on any atom is 0.243 e. The van der Waals surface area contributed by atoms with Crippen molar-refractivity contribution in [3.05, 3.63) is 40.9 Å². The van der Waals surface area contributed by atoms with Gasteiger partial charge in [-0.2, -0.15) is 0 Å². The van der Waals surface area contributed by atoms with E-state index in [1.54, 1.807) is 44.6 Å². The minimum atomic E-state index is -0.232. The maximum atomic E-state index is 12.3. The van der Waals surface area contributed by atoms with Crippen molar-refractivity contribution in [1.82, 2.24) is 0 Å². The molecule has 6 nitrogen and oxygen atoms in total. The molecule has 2 N–H and O–H groups in total. The van der Waals surface area contributed by atoms with Gasteiger partial charge in [-0.1, -0.05) is 11.6 Å². The van der Waals surface area contributed by atoms with Gasteiger partial charge < -0.3 is 24.8 Å². The third-order valence-electron chi connectivity index (χ3n) is 3.60. The van der Waals surface area contributed by atoms with Gasteiger partial charge in [0, 0.05) is 17.2 Å². The van der Waals surface area contributed by atoms with Gasteiger partial charge in [-0.05, 0) is 30.7 Å². The van der Waals surface area contributed by atoms with Crippen LogP contribution >= 0.6 is 11.6 Å². The molecule has 0 aromatic heterocycles. The molecule has 0 aliphatic heterocycles. The van der Waals surface area contributed by atoms with Crippen LogP contribution in [0, 0.1) is 6.92 Å². The summed E-state index contributed by atoms with van der Waals surface area (Å²) in [7, 11) is 4.66. The van der Waals surface area contributed by atoms with E-state index in [1.807, 2.05) is 6.92 Å². The van der Waals surface area contributed by atoms with Crippen LogP contribution in [-0.4, -0.2) is 33.8 Å². The lowest BCUT2D eigenvalue weighted by molar-refractivity contribution is -0.114. The van der Waals surface area contributed by atoms with Crippen molar-refractivity contribution in [3.63, 3.8) is 0 Å². The molecule has 0 aliphatic carbocycles. The van der Waals surface area contributed by atoms with E-state index in [1.165, 1.54) is 7.11 Å². The van der Waals surface area contributed by atoms with Crippen molar-refractivity contribution < 1.29 is 19.0 Å². The number of aryl methyl sites for hydroxylation is 1. The molecule has 0 unspecified atom stereocenters. The molecule has 0 heterocycles. The monoisotopic (exact) mass is 364 g/mol. The predicted molar refractivity (Wildman–Crippen MR) is 99.4 cm³/mol. The Bertz CT molecular complexity index is 765. The van der Waals surface area contributed by atoms with Gasteiger partial charge in [0.05, 0.1) is 39.2 Å². The van der Waals surface area contributed by atoms with Crippen molar-refractivity contribution in [2.24, 2.45) is 0 Å². The van der Waals surface area contributed by atoms with Crippen LogP contribution in [0.4, 0.5) is 11.4 Å². The maximum absolute atomic E-state index is 12.3. The zero-order valence-electron chi connectivity index (χ0n) is 14.6. The second-order valence-electron chi connectivity index (χ2n) is 5.27. The molecule has 1 amide bonds. The second kappa shape index (κ2) is 8.48. The van der Waals surface area contributed by atoms with Gasteiger partial charge >= 0.3 is 0 Å². The van der Waals surface area contributed by atoms with E-state index < -0.39 is 0 Å². The first-order valence-electron chi connectivity index (χ1n) is 7.58. The first-order valence-corrected chi connectivity index (χ1v) is 7.96. The fourth-order valence-electron chi connectivity index (χ4n) is 2.25. The van der Waals surface area contributed by atoms with Crippen LogP contribution in [0.25, 0.3) is 0 Å². The molecule has 134 valence electrons. The highest BCUT2D eigenvalue weighted by Crippen LogP contribution is 2.31. The topological polar surface area (TPSA) is 68.8 Å². The van der Waals surface area contributed by atoms with Crippen LogP contribution in [0.5, 0.6) is 17.2 Å². The Morgan fingerprint density at radius 3 is 2.36 bits per heavy atom. The molecular formula is C18H21ClN2O4. The van der Waals surface area contributed by atoms with Crippen LogP contribution < -0.4 is 24.8 Å². The van der Waals surface area contributed by atoms with Crippen molar-refractivity contribution >= 4 is 28.9 Å². The number of carbonyl (C=O) groups excluding carboxylic acids is 1. The molecule has 0 radical (unpaired) electrons. The van der Waals surface area contributed by atoms with Crippen molar-refractivity contribution in [1.29, 1.82) is 0 Å². The van der Waals surface area contributed by atoms with Gasteiger partial charge in [0.2, 0.25) is 5.91 Å². The molecule has 0 bridgehead atoms. The van der Waals surface area contributed by atoms with Gasteiger partial charge in [-0.25, -0.2) is 0 Å². The van der Waals surface area contributed by atoms with Crippen molar-refractivity contribution in [2.75, 3.05) is 38.5 Å². The molecule has 0 spiro atoms. The summed E-state index contributed by atoms with van der Waals surface area (Å²) in [5, 5.41) is 6.43. The molecule has 0 fully saturated rings. The van der Waals surface area contributed by atoms with Gasteiger partial charge in [-0.15, -0.1) is 0 Å². The van der Waals surface area contributed by atoms with Crippen LogP contribution in [0.1, 0.15) is 5.56 Å². The van der Waals surface area contributed by atoms with E-state index >= 15 is 0 Å². The fourth-order valence-corrected chi connectivity index (χ4v) is 2.41. The summed E-state index contributed by atoms with van der Waals surface area (Å²) in [6.07, 6.45) is 0.